The van der Waals surface area contributed by atoms with Gasteiger partial charge in [-0.05, 0) is 36.7 Å². The SMILES string of the molecule is CCn1cc(Br)c(C(=O)N2CCN(Cc3c(C)nn(C)c3C)CC2)n1. The van der Waals surface area contributed by atoms with Crippen molar-refractivity contribution in [1.82, 2.24) is 29.4 Å². The normalized spacial score (nSPS) is 15.8. The highest BCUT2D eigenvalue weighted by atomic mass is 79.9. The number of hydrogen-bond acceptors (Lipinski definition) is 4. The molecular formula is C17H25BrN6O. The molecule has 0 N–H and O–H groups in total. The molecule has 0 saturated carbocycles. The van der Waals surface area contributed by atoms with Crippen LogP contribution in [0.4, 0.5) is 0 Å². The van der Waals surface area contributed by atoms with Crippen molar-refractivity contribution in [3.05, 3.63) is 33.3 Å². The van der Waals surface area contributed by atoms with Gasteiger partial charge >= 0.3 is 0 Å². The molecule has 1 aliphatic heterocycles. The molecule has 2 aromatic rings. The van der Waals surface area contributed by atoms with E-state index in [2.05, 4.69) is 44.9 Å². The summed E-state index contributed by atoms with van der Waals surface area (Å²) in [6.45, 7) is 11.0. The molecule has 0 aromatic carbocycles. The third-order valence-electron chi connectivity index (χ3n) is 4.94. The molecule has 0 spiro atoms. The molecule has 1 saturated heterocycles. The molecule has 2 aromatic heterocycles. The molecule has 25 heavy (non-hydrogen) atoms. The summed E-state index contributed by atoms with van der Waals surface area (Å²) in [4.78, 5) is 17.0. The third kappa shape index (κ3) is 3.64. The Balaban J connectivity index is 1.61. The van der Waals surface area contributed by atoms with Gasteiger partial charge < -0.3 is 4.90 Å². The number of amides is 1. The predicted molar refractivity (Wildman–Crippen MR) is 99.5 cm³/mol. The van der Waals surface area contributed by atoms with Crippen LogP contribution < -0.4 is 0 Å². The van der Waals surface area contributed by atoms with Crippen LogP contribution in [0.5, 0.6) is 0 Å². The van der Waals surface area contributed by atoms with Crippen LogP contribution in [0, 0.1) is 13.8 Å². The molecule has 136 valence electrons. The van der Waals surface area contributed by atoms with E-state index in [1.807, 2.05) is 29.7 Å². The number of halogens is 1. The first-order valence-corrected chi connectivity index (χ1v) is 9.43. The molecule has 0 aliphatic carbocycles. The van der Waals surface area contributed by atoms with Gasteiger partial charge in [0.1, 0.15) is 0 Å². The van der Waals surface area contributed by atoms with Gasteiger partial charge in [-0.3, -0.25) is 19.1 Å². The first-order chi connectivity index (χ1) is 11.9. The average molecular weight is 409 g/mol. The van der Waals surface area contributed by atoms with Crippen molar-refractivity contribution in [2.24, 2.45) is 7.05 Å². The van der Waals surface area contributed by atoms with E-state index in [4.69, 9.17) is 0 Å². The van der Waals surface area contributed by atoms with Crippen molar-refractivity contribution in [3.8, 4) is 0 Å². The summed E-state index contributed by atoms with van der Waals surface area (Å²) in [5.74, 6) is 0.00691. The lowest BCUT2D eigenvalue weighted by atomic mass is 10.1. The summed E-state index contributed by atoms with van der Waals surface area (Å²) in [7, 11) is 1.98. The van der Waals surface area contributed by atoms with Crippen molar-refractivity contribution in [1.29, 1.82) is 0 Å². The third-order valence-corrected chi connectivity index (χ3v) is 5.52. The van der Waals surface area contributed by atoms with Crippen molar-refractivity contribution in [2.45, 2.75) is 33.9 Å². The Morgan fingerprint density at radius 3 is 2.40 bits per heavy atom. The van der Waals surface area contributed by atoms with E-state index in [1.54, 1.807) is 4.68 Å². The second-order valence-electron chi connectivity index (χ2n) is 6.52. The van der Waals surface area contributed by atoms with Gasteiger partial charge in [-0.15, -0.1) is 0 Å². The number of piperazine rings is 1. The Bertz CT molecular complexity index is 772. The van der Waals surface area contributed by atoms with E-state index in [9.17, 15) is 4.79 Å². The maximum Gasteiger partial charge on any atom is 0.275 e. The number of carbonyl (C=O) groups is 1. The Labute approximate surface area is 156 Å². The van der Waals surface area contributed by atoms with E-state index in [1.165, 1.54) is 11.3 Å². The van der Waals surface area contributed by atoms with Crippen LogP contribution in [0.25, 0.3) is 0 Å². The molecule has 0 bridgehead atoms. The molecule has 7 nitrogen and oxygen atoms in total. The first-order valence-electron chi connectivity index (χ1n) is 8.64. The average Bonchev–Trinajstić information content (AvgIpc) is 3.09. The first kappa shape index (κ1) is 18.1. The molecule has 8 heteroatoms. The lowest BCUT2D eigenvalue weighted by molar-refractivity contribution is 0.0620. The largest absolute Gasteiger partial charge is 0.335 e. The summed E-state index contributed by atoms with van der Waals surface area (Å²) >= 11 is 3.45. The number of aryl methyl sites for hydroxylation is 3. The fourth-order valence-electron chi connectivity index (χ4n) is 3.23. The lowest BCUT2D eigenvalue weighted by Gasteiger charge is -2.34. The van der Waals surface area contributed by atoms with Crippen LogP contribution >= 0.6 is 15.9 Å². The van der Waals surface area contributed by atoms with E-state index in [0.717, 1.165) is 49.4 Å². The molecule has 0 radical (unpaired) electrons. The van der Waals surface area contributed by atoms with Crippen LogP contribution in [-0.2, 0) is 20.1 Å². The number of aromatic nitrogens is 4. The Hall–Kier alpha value is -1.67. The van der Waals surface area contributed by atoms with Gasteiger partial charge in [0.05, 0.1) is 10.2 Å². The topological polar surface area (TPSA) is 59.2 Å². The molecule has 1 amide bonds. The molecular weight excluding hydrogens is 384 g/mol. The maximum atomic E-state index is 12.7. The fraction of sp³-hybridized carbons (Fsp3) is 0.588. The maximum absolute atomic E-state index is 12.7. The van der Waals surface area contributed by atoms with E-state index in [0.29, 0.717) is 5.69 Å². The van der Waals surface area contributed by atoms with Gasteiger partial charge in [0.2, 0.25) is 0 Å². The number of nitrogens with zero attached hydrogens (tertiary/aromatic N) is 6. The molecule has 3 rings (SSSR count). The van der Waals surface area contributed by atoms with Crippen molar-refractivity contribution in [2.75, 3.05) is 26.2 Å². The highest BCUT2D eigenvalue weighted by Crippen LogP contribution is 2.19. The second-order valence-corrected chi connectivity index (χ2v) is 7.38. The van der Waals surface area contributed by atoms with E-state index < -0.39 is 0 Å². The van der Waals surface area contributed by atoms with Gasteiger partial charge in [-0.25, -0.2) is 0 Å². The highest BCUT2D eigenvalue weighted by Gasteiger charge is 2.26. The fourth-order valence-corrected chi connectivity index (χ4v) is 3.72. The van der Waals surface area contributed by atoms with Crippen LogP contribution in [-0.4, -0.2) is 61.4 Å². The minimum Gasteiger partial charge on any atom is -0.335 e. The van der Waals surface area contributed by atoms with E-state index >= 15 is 0 Å². The number of rotatable bonds is 4. The molecule has 0 unspecified atom stereocenters. The van der Waals surface area contributed by atoms with Gasteiger partial charge in [0.15, 0.2) is 5.69 Å². The predicted octanol–water partition coefficient (Wildman–Crippen LogP) is 1.97. The van der Waals surface area contributed by atoms with Gasteiger partial charge in [-0.1, -0.05) is 0 Å². The summed E-state index contributed by atoms with van der Waals surface area (Å²) in [6.07, 6.45) is 1.86. The summed E-state index contributed by atoms with van der Waals surface area (Å²) < 4.78 is 4.48. The van der Waals surface area contributed by atoms with Crippen LogP contribution in [0.1, 0.15) is 34.4 Å². The van der Waals surface area contributed by atoms with Crippen LogP contribution in [0.15, 0.2) is 10.7 Å². The van der Waals surface area contributed by atoms with Gasteiger partial charge in [-0.2, -0.15) is 10.2 Å². The zero-order valence-electron chi connectivity index (χ0n) is 15.3. The zero-order chi connectivity index (χ0) is 18.1. The highest BCUT2D eigenvalue weighted by molar-refractivity contribution is 9.10. The smallest absolute Gasteiger partial charge is 0.275 e. The summed E-state index contributed by atoms with van der Waals surface area (Å²) in [5.41, 5.74) is 4.11. The molecule has 3 heterocycles. The van der Waals surface area contributed by atoms with Crippen molar-refractivity contribution in [3.63, 3.8) is 0 Å². The Morgan fingerprint density at radius 1 is 1.20 bits per heavy atom. The number of hydrogen-bond donors (Lipinski definition) is 0. The molecule has 0 atom stereocenters. The zero-order valence-corrected chi connectivity index (χ0v) is 16.9. The monoisotopic (exact) mass is 408 g/mol. The van der Waals surface area contributed by atoms with E-state index in [-0.39, 0.29) is 5.91 Å². The minimum atomic E-state index is 0.00691. The second kappa shape index (κ2) is 7.29. The minimum absolute atomic E-state index is 0.00691. The summed E-state index contributed by atoms with van der Waals surface area (Å²) in [5, 5.41) is 8.86. The Morgan fingerprint density at radius 2 is 1.88 bits per heavy atom. The molecule has 1 aliphatic rings. The van der Waals surface area contributed by atoms with Crippen molar-refractivity contribution < 1.29 is 4.79 Å². The van der Waals surface area contributed by atoms with Gasteiger partial charge in [0, 0.05) is 63.8 Å². The lowest BCUT2D eigenvalue weighted by Crippen LogP contribution is -2.48. The van der Waals surface area contributed by atoms with Crippen molar-refractivity contribution >= 4 is 21.8 Å². The number of carbonyl (C=O) groups excluding carboxylic acids is 1. The van der Waals surface area contributed by atoms with Crippen LogP contribution in [0.2, 0.25) is 0 Å². The molecule has 1 fully saturated rings. The van der Waals surface area contributed by atoms with Gasteiger partial charge in [0.25, 0.3) is 5.91 Å². The Kier molecular flexibility index (Phi) is 5.29. The summed E-state index contributed by atoms with van der Waals surface area (Å²) in [6, 6.07) is 0. The van der Waals surface area contributed by atoms with Crippen LogP contribution in [0.3, 0.4) is 0 Å². The quantitative estimate of drug-likeness (QED) is 0.775. The standard InChI is InChI=1S/C17H25BrN6O/c1-5-24-11-15(18)16(20-24)17(25)23-8-6-22(7-9-23)10-14-12(2)19-21(4)13(14)3/h11H,5-10H2,1-4H3.